The Morgan fingerprint density at radius 1 is 1.19 bits per heavy atom. The van der Waals surface area contributed by atoms with Crippen LogP contribution >= 0.6 is 0 Å². The van der Waals surface area contributed by atoms with Crippen molar-refractivity contribution in [2.45, 2.75) is 77.9 Å². The molecule has 4 aliphatic carbocycles. The van der Waals surface area contributed by atoms with E-state index in [9.17, 15) is 0 Å². The van der Waals surface area contributed by atoms with E-state index in [0.717, 1.165) is 24.8 Å². The van der Waals surface area contributed by atoms with Crippen LogP contribution in [-0.4, -0.2) is 20.3 Å². The first kappa shape index (κ1) is 13.7. The molecule has 2 atom stereocenters. The predicted octanol–water partition coefficient (Wildman–Crippen LogP) is 3.14. The summed E-state index contributed by atoms with van der Waals surface area (Å²) in [5.74, 6) is 2.02. The van der Waals surface area contributed by atoms with Crippen LogP contribution in [0.25, 0.3) is 0 Å². The Hall–Kier alpha value is -0.900. The van der Waals surface area contributed by atoms with E-state index in [1.807, 2.05) is 4.68 Å². The lowest BCUT2D eigenvalue weighted by atomic mass is 9.43. The van der Waals surface area contributed by atoms with Gasteiger partial charge in [0.15, 0.2) is 0 Å². The van der Waals surface area contributed by atoms with Crippen molar-refractivity contribution in [1.82, 2.24) is 20.1 Å². The second-order valence-electron chi connectivity index (χ2n) is 8.76. The van der Waals surface area contributed by atoms with Crippen molar-refractivity contribution in [3.8, 4) is 0 Å². The summed E-state index contributed by atoms with van der Waals surface area (Å²) in [6.45, 7) is 8.96. The van der Waals surface area contributed by atoms with E-state index in [4.69, 9.17) is 0 Å². The van der Waals surface area contributed by atoms with Gasteiger partial charge < -0.3 is 5.32 Å². The summed E-state index contributed by atoms with van der Waals surface area (Å²) in [7, 11) is 0. The molecule has 0 radical (unpaired) electrons. The molecule has 2 unspecified atom stereocenters. The first-order valence-electron chi connectivity index (χ1n) is 8.55. The van der Waals surface area contributed by atoms with Gasteiger partial charge in [0.1, 0.15) is 12.2 Å². The maximum absolute atomic E-state index is 4.43. The second-order valence-corrected chi connectivity index (χ2v) is 8.76. The number of hydrogen-bond donors (Lipinski definition) is 1. The molecule has 4 heteroatoms. The molecule has 1 heterocycles. The Bertz CT molecular complexity index is 531. The van der Waals surface area contributed by atoms with Gasteiger partial charge >= 0.3 is 0 Å². The van der Waals surface area contributed by atoms with Gasteiger partial charge in [-0.2, -0.15) is 5.10 Å². The van der Waals surface area contributed by atoms with Crippen molar-refractivity contribution in [3.63, 3.8) is 0 Å². The number of nitrogens with zero attached hydrogens (tertiary/aromatic N) is 3. The number of aromatic nitrogens is 3. The lowest BCUT2D eigenvalue weighted by Gasteiger charge is -2.65. The van der Waals surface area contributed by atoms with Crippen LogP contribution in [0.3, 0.4) is 0 Å². The van der Waals surface area contributed by atoms with E-state index in [-0.39, 0.29) is 0 Å². The zero-order valence-corrected chi connectivity index (χ0v) is 13.7. The number of hydrogen-bond acceptors (Lipinski definition) is 3. The predicted molar refractivity (Wildman–Crippen MR) is 82.7 cm³/mol. The minimum atomic E-state index is 0.355. The summed E-state index contributed by atoms with van der Waals surface area (Å²) in [5.41, 5.74) is 1.49. The molecule has 116 valence electrons. The minimum Gasteiger partial charge on any atom is -0.304 e. The highest BCUT2D eigenvalue weighted by molar-refractivity contribution is 5.14. The van der Waals surface area contributed by atoms with Gasteiger partial charge in [-0.05, 0) is 62.2 Å². The highest BCUT2D eigenvalue weighted by atomic mass is 15.3. The highest BCUT2D eigenvalue weighted by Crippen LogP contribution is 2.66. The van der Waals surface area contributed by atoms with Gasteiger partial charge in [-0.25, -0.2) is 9.67 Å². The third kappa shape index (κ3) is 2.23. The van der Waals surface area contributed by atoms with E-state index >= 15 is 0 Å². The fourth-order valence-corrected chi connectivity index (χ4v) is 6.60. The van der Waals surface area contributed by atoms with Crippen molar-refractivity contribution in [3.05, 3.63) is 12.2 Å². The molecule has 0 amide bonds. The monoisotopic (exact) mass is 288 g/mol. The molecule has 4 bridgehead atoms. The van der Waals surface area contributed by atoms with Gasteiger partial charge in [-0.1, -0.05) is 13.8 Å². The van der Waals surface area contributed by atoms with Crippen LogP contribution in [0.4, 0.5) is 0 Å². The molecule has 5 rings (SSSR count). The van der Waals surface area contributed by atoms with Crippen LogP contribution in [0.2, 0.25) is 0 Å². The molecule has 1 aromatic heterocycles. The summed E-state index contributed by atoms with van der Waals surface area (Å²) in [5, 5.41) is 8.22. The van der Waals surface area contributed by atoms with E-state index in [0.29, 0.717) is 16.4 Å². The summed E-state index contributed by atoms with van der Waals surface area (Å²) < 4.78 is 2.01. The molecule has 1 N–H and O–H groups in total. The van der Waals surface area contributed by atoms with Crippen LogP contribution in [-0.2, 0) is 13.1 Å². The highest BCUT2D eigenvalue weighted by Gasteiger charge is 2.59. The van der Waals surface area contributed by atoms with E-state index in [1.165, 1.54) is 38.5 Å². The molecular formula is C17H28N4. The summed E-state index contributed by atoms with van der Waals surface area (Å²) in [4.78, 5) is 4.43. The maximum Gasteiger partial charge on any atom is 0.140 e. The normalized spacial score (nSPS) is 44.4. The van der Waals surface area contributed by atoms with Gasteiger partial charge in [0.2, 0.25) is 0 Å². The Labute approximate surface area is 127 Å². The smallest absolute Gasteiger partial charge is 0.140 e. The fourth-order valence-electron chi connectivity index (χ4n) is 6.60. The third-order valence-electron chi connectivity index (χ3n) is 6.24. The van der Waals surface area contributed by atoms with Crippen molar-refractivity contribution >= 4 is 0 Å². The van der Waals surface area contributed by atoms with Crippen LogP contribution in [0.1, 0.15) is 65.1 Å². The lowest BCUT2D eigenvalue weighted by molar-refractivity contribution is -0.118. The van der Waals surface area contributed by atoms with Gasteiger partial charge in [0, 0.05) is 12.1 Å². The van der Waals surface area contributed by atoms with Crippen LogP contribution in [0.5, 0.6) is 0 Å². The SMILES string of the molecule is CCn1ncnc1CNC12CC3CC(C)(CC(C)(C3)C1)C2. The van der Waals surface area contributed by atoms with Gasteiger partial charge in [0.25, 0.3) is 0 Å². The van der Waals surface area contributed by atoms with Crippen molar-refractivity contribution < 1.29 is 0 Å². The van der Waals surface area contributed by atoms with Gasteiger partial charge in [-0.15, -0.1) is 0 Å². The fraction of sp³-hybridized carbons (Fsp3) is 0.882. The van der Waals surface area contributed by atoms with Crippen LogP contribution in [0.15, 0.2) is 6.33 Å². The largest absolute Gasteiger partial charge is 0.304 e. The van der Waals surface area contributed by atoms with E-state index < -0.39 is 0 Å². The molecule has 4 aliphatic rings. The molecule has 0 saturated heterocycles. The molecule has 0 aromatic carbocycles. The zero-order valence-electron chi connectivity index (χ0n) is 13.7. The van der Waals surface area contributed by atoms with E-state index in [1.54, 1.807) is 6.33 Å². The van der Waals surface area contributed by atoms with Crippen molar-refractivity contribution in [2.24, 2.45) is 16.7 Å². The molecule has 0 spiro atoms. The molecule has 4 nitrogen and oxygen atoms in total. The van der Waals surface area contributed by atoms with Crippen LogP contribution in [0, 0.1) is 16.7 Å². The van der Waals surface area contributed by atoms with Crippen molar-refractivity contribution in [1.29, 1.82) is 0 Å². The standard InChI is InChI=1S/C17H28N4/c1-4-21-14(18-12-20-21)8-19-17-7-13-5-15(2,10-17)9-16(3,6-13)11-17/h12-13,19H,4-11H2,1-3H3. The maximum atomic E-state index is 4.43. The lowest BCUT2D eigenvalue weighted by Crippen LogP contribution is -2.64. The average molecular weight is 288 g/mol. The first-order chi connectivity index (χ1) is 9.93. The third-order valence-corrected chi connectivity index (χ3v) is 6.24. The molecule has 4 saturated carbocycles. The Balaban J connectivity index is 1.55. The summed E-state index contributed by atoms with van der Waals surface area (Å²) >= 11 is 0. The minimum absolute atomic E-state index is 0.355. The molecular weight excluding hydrogens is 260 g/mol. The Morgan fingerprint density at radius 2 is 1.90 bits per heavy atom. The van der Waals surface area contributed by atoms with E-state index in [2.05, 4.69) is 36.2 Å². The molecule has 1 aromatic rings. The molecule has 0 aliphatic heterocycles. The average Bonchev–Trinajstić information content (AvgIpc) is 2.79. The zero-order chi connectivity index (χ0) is 14.7. The Morgan fingerprint density at radius 3 is 2.52 bits per heavy atom. The van der Waals surface area contributed by atoms with Crippen LogP contribution < -0.4 is 5.32 Å². The quantitative estimate of drug-likeness (QED) is 0.925. The first-order valence-corrected chi connectivity index (χ1v) is 8.55. The van der Waals surface area contributed by atoms with Gasteiger partial charge in [0.05, 0.1) is 6.54 Å². The van der Waals surface area contributed by atoms with Gasteiger partial charge in [-0.3, -0.25) is 0 Å². The second kappa shape index (κ2) is 4.31. The molecule has 21 heavy (non-hydrogen) atoms. The number of nitrogens with one attached hydrogen (secondary N) is 1. The van der Waals surface area contributed by atoms with Crippen molar-refractivity contribution in [2.75, 3.05) is 0 Å². The Kier molecular flexibility index (Phi) is 2.82. The summed E-state index contributed by atoms with van der Waals surface area (Å²) in [6, 6.07) is 0. The number of rotatable bonds is 4. The summed E-state index contributed by atoms with van der Waals surface area (Å²) in [6.07, 6.45) is 10.1. The number of aryl methyl sites for hydroxylation is 1. The molecule has 4 fully saturated rings. The topological polar surface area (TPSA) is 42.7 Å².